The highest BCUT2D eigenvalue weighted by Gasteiger charge is 2.14. The van der Waals surface area contributed by atoms with Crippen LogP contribution in [0, 0.1) is 5.92 Å². The quantitative estimate of drug-likeness (QED) is 0.794. The number of carbonyl (C=O) groups is 1. The first-order valence-electron chi connectivity index (χ1n) is 7.01. The molecule has 0 saturated heterocycles. The summed E-state index contributed by atoms with van der Waals surface area (Å²) in [6, 6.07) is 9.52. The van der Waals surface area contributed by atoms with E-state index in [1.54, 1.807) is 0 Å². The summed E-state index contributed by atoms with van der Waals surface area (Å²) in [7, 11) is 0. The van der Waals surface area contributed by atoms with Crippen LogP contribution in [0.15, 0.2) is 30.3 Å². The molecule has 0 spiro atoms. The first-order chi connectivity index (χ1) is 8.99. The summed E-state index contributed by atoms with van der Waals surface area (Å²) in [5.74, 6) is 0.609. The SMILES string of the molecule is CC(C)CCC(=O)NC(C)CC(O)c1ccccc1. The highest BCUT2D eigenvalue weighted by molar-refractivity contribution is 5.76. The summed E-state index contributed by atoms with van der Waals surface area (Å²) in [5.41, 5.74) is 0.894. The van der Waals surface area contributed by atoms with Gasteiger partial charge in [0.2, 0.25) is 5.91 Å². The van der Waals surface area contributed by atoms with Gasteiger partial charge in [-0.25, -0.2) is 0 Å². The van der Waals surface area contributed by atoms with Crippen molar-refractivity contribution in [2.24, 2.45) is 5.92 Å². The molecule has 0 saturated carbocycles. The van der Waals surface area contributed by atoms with E-state index in [1.807, 2.05) is 37.3 Å². The Bertz CT molecular complexity index is 376. The van der Waals surface area contributed by atoms with Gasteiger partial charge in [-0.1, -0.05) is 44.2 Å². The number of aliphatic hydroxyl groups is 1. The van der Waals surface area contributed by atoms with Crippen molar-refractivity contribution in [3.63, 3.8) is 0 Å². The second-order valence-electron chi connectivity index (χ2n) is 5.56. The van der Waals surface area contributed by atoms with E-state index < -0.39 is 6.10 Å². The number of hydrogen-bond donors (Lipinski definition) is 2. The smallest absolute Gasteiger partial charge is 0.220 e. The zero-order chi connectivity index (χ0) is 14.3. The molecule has 1 aromatic rings. The molecule has 0 aromatic heterocycles. The molecule has 0 aliphatic heterocycles. The van der Waals surface area contributed by atoms with Gasteiger partial charge < -0.3 is 10.4 Å². The predicted octanol–water partition coefficient (Wildman–Crippen LogP) is 3.05. The number of benzene rings is 1. The van der Waals surface area contributed by atoms with Gasteiger partial charge in [-0.3, -0.25) is 4.79 Å². The zero-order valence-corrected chi connectivity index (χ0v) is 12.1. The number of aliphatic hydroxyl groups excluding tert-OH is 1. The van der Waals surface area contributed by atoms with E-state index in [0.29, 0.717) is 18.8 Å². The Morgan fingerprint density at radius 1 is 1.21 bits per heavy atom. The number of rotatable bonds is 7. The summed E-state index contributed by atoms with van der Waals surface area (Å²) in [6.07, 6.45) is 1.47. The van der Waals surface area contributed by atoms with Crippen LogP contribution in [0.5, 0.6) is 0 Å². The first kappa shape index (κ1) is 15.7. The maximum atomic E-state index is 11.7. The third-order valence-electron chi connectivity index (χ3n) is 3.12. The summed E-state index contributed by atoms with van der Waals surface area (Å²) in [6.45, 7) is 6.14. The van der Waals surface area contributed by atoms with Crippen molar-refractivity contribution in [3.8, 4) is 0 Å². The van der Waals surface area contributed by atoms with E-state index in [1.165, 1.54) is 0 Å². The predicted molar refractivity (Wildman–Crippen MR) is 77.7 cm³/mol. The van der Waals surface area contributed by atoms with Gasteiger partial charge in [-0.05, 0) is 31.2 Å². The van der Waals surface area contributed by atoms with Gasteiger partial charge in [0.25, 0.3) is 0 Å². The van der Waals surface area contributed by atoms with Crippen LogP contribution in [0.4, 0.5) is 0 Å². The lowest BCUT2D eigenvalue weighted by Crippen LogP contribution is -2.33. The van der Waals surface area contributed by atoms with E-state index in [2.05, 4.69) is 19.2 Å². The van der Waals surface area contributed by atoms with Crippen LogP contribution in [0.1, 0.15) is 51.7 Å². The molecule has 2 unspecified atom stereocenters. The Morgan fingerprint density at radius 2 is 1.84 bits per heavy atom. The second-order valence-corrected chi connectivity index (χ2v) is 5.56. The Kier molecular flexibility index (Phi) is 6.57. The highest BCUT2D eigenvalue weighted by Crippen LogP contribution is 2.17. The van der Waals surface area contributed by atoms with Crippen molar-refractivity contribution in [1.82, 2.24) is 5.32 Å². The zero-order valence-electron chi connectivity index (χ0n) is 12.1. The minimum absolute atomic E-state index is 0.0186. The van der Waals surface area contributed by atoms with Crippen molar-refractivity contribution >= 4 is 5.91 Å². The maximum absolute atomic E-state index is 11.7. The molecule has 0 heterocycles. The Balaban J connectivity index is 2.34. The topological polar surface area (TPSA) is 49.3 Å². The third-order valence-corrected chi connectivity index (χ3v) is 3.12. The Morgan fingerprint density at radius 3 is 2.42 bits per heavy atom. The third kappa shape index (κ3) is 6.39. The lowest BCUT2D eigenvalue weighted by molar-refractivity contribution is -0.122. The van der Waals surface area contributed by atoms with Crippen LogP contribution < -0.4 is 5.32 Å². The highest BCUT2D eigenvalue weighted by atomic mass is 16.3. The van der Waals surface area contributed by atoms with Gasteiger partial charge in [-0.2, -0.15) is 0 Å². The fraction of sp³-hybridized carbons (Fsp3) is 0.562. The van der Waals surface area contributed by atoms with E-state index in [9.17, 15) is 9.90 Å². The number of amides is 1. The fourth-order valence-corrected chi connectivity index (χ4v) is 1.97. The van der Waals surface area contributed by atoms with Gasteiger partial charge in [-0.15, -0.1) is 0 Å². The van der Waals surface area contributed by atoms with Gasteiger partial charge in [0, 0.05) is 12.5 Å². The van der Waals surface area contributed by atoms with Gasteiger partial charge >= 0.3 is 0 Å². The largest absolute Gasteiger partial charge is 0.388 e. The molecule has 0 bridgehead atoms. The molecule has 0 fully saturated rings. The lowest BCUT2D eigenvalue weighted by Gasteiger charge is -2.18. The van der Waals surface area contributed by atoms with Crippen LogP contribution in [0.3, 0.4) is 0 Å². The molecule has 3 heteroatoms. The Labute approximate surface area is 116 Å². The molecule has 2 atom stereocenters. The van der Waals surface area contributed by atoms with E-state index >= 15 is 0 Å². The first-order valence-corrected chi connectivity index (χ1v) is 7.01. The van der Waals surface area contributed by atoms with Crippen molar-refractivity contribution < 1.29 is 9.90 Å². The monoisotopic (exact) mass is 263 g/mol. The maximum Gasteiger partial charge on any atom is 0.220 e. The molecule has 19 heavy (non-hydrogen) atoms. The van der Waals surface area contributed by atoms with E-state index in [0.717, 1.165) is 12.0 Å². The van der Waals surface area contributed by atoms with Crippen LogP contribution >= 0.6 is 0 Å². The second kappa shape index (κ2) is 7.95. The lowest BCUT2D eigenvalue weighted by atomic mass is 10.0. The van der Waals surface area contributed by atoms with Crippen LogP contribution in [-0.2, 0) is 4.79 Å². The van der Waals surface area contributed by atoms with Crippen molar-refractivity contribution in [1.29, 1.82) is 0 Å². The summed E-state index contributed by atoms with van der Waals surface area (Å²) >= 11 is 0. The van der Waals surface area contributed by atoms with Crippen LogP contribution in [-0.4, -0.2) is 17.1 Å². The minimum Gasteiger partial charge on any atom is -0.388 e. The van der Waals surface area contributed by atoms with E-state index in [4.69, 9.17) is 0 Å². The molecule has 0 aliphatic rings. The molecule has 1 rings (SSSR count). The minimum atomic E-state index is -0.526. The number of hydrogen-bond acceptors (Lipinski definition) is 2. The van der Waals surface area contributed by atoms with Gasteiger partial charge in [0.05, 0.1) is 6.10 Å². The molecular weight excluding hydrogens is 238 g/mol. The molecule has 1 amide bonds. The molecule has 3 nitrogen and oxygen atoms in total. The molecule has 2 N–H and O–H groups in total. The standard InChI is InChI=1S/C16H25NO2/c1-12(2)9-10-16(19)17-13(3)11-15(18)14-7-5-4-6-8-14/h4-8,12-13,15,18H,9-11H2,1-3H3,(H,17,19). The molecule has 0 radical (unpaired) electrons. The molecule has 1 aromatic carbocycles. The Hall–Kier alpha value is -1.35. The molecule has 106 valence electrons. The van der Waals surface area contributed by atoms with E-state index in [-0.39, 0.29) is 11.9 Å². The number of nitrogens with one attached hydrogen (secondary N) is 1. The molecular formula is C16H25NO2. The summed E-state index contributed by atoms with van der Waals surface area (Å²) < 4.78 is 0. The summed E-state index contributed by atoms with van der Waals surface area (Å²) in [5, 5.41) is 13.0. The van der Waals surface area contributed by atoms with Crippen molar-refractivity contribution in [2.45, 2.75) is 52.2 Å². The summed E-state index contributed by atoms with van der Waals surface area (Å²) in [4.78, 5) is 11.7. The number of carbonyl (C=O) groups excluding carboxylic acids is 1. The van der Waals surface area contributed by atoms with Crippen LogP contribution in [0.25, 0.3) is 0 Å². The average Bonchev–Trinajstić information content (AvgIpc) is 2.37. The average molecular weight is 263 g/mol. The van der Waals surface area contributed by atoms with Gasteiger partial charge in [0.1, 0.15) is 0 Å². The van der Waals surface area contributed by atoms with Crippen molar-refractivity contribution in [3.05, 3.63) is 35.9 Å². The van der Waals surface area contributed by atoms with Gasteiger partial charge in [0.15, 0.2) is 0 Å². The van der Waals surface area contributed by atoms with Crippen LogP contribution in [0.2, 0.25) is 0 Å². The molecule has 0 aliphatic carbocycles. The normalized spacial score (nSPS) is 14.2. The fourth-order valence-electron chi connectivity index (χ4n) is 1.97. The van der Waals surface area contributed by atoms with Crippen molar-refractivity contribution in [2.75, 3.05) is 0 Å².